The van der Waals surface area contributed by atoms with Gasteiger partial charge < -0.3 is 19.5 Å². The van der Waals surface area contributed by atoms with Gasteiger partial charge in [0, 0.05) is 12.6 Å². The van der Waals surface area contributed by atoms with Crippen LogP contribution in [0.25, 0.3) is 6.08 Å². The summed E-state index contributed by atoms with van der Waals surface area (Å²) in [5.41, 5.74) is 1.86. The maximum atomic E-state index is 11.9. The molecule has 0 saturated carbocycles. The Kier molecular flexibility index (Phi) is 4.47. The van der Waals surface area contributed by atoms with Crippen molar-refractivity contribution in [2.45, 2.75) is 6.54 Å². The van der Waals surface area contributed by atoms with E-state index in [4.69, 9.17) is 14.2 Å². The number of benzene rings is 2. The Morgan fingerprint density at radius 1 is 1.22 bits per heavy atom. The number of ether oxygens (including phenoxy) is 3. The number of hydrogen-bond donors (Lipinski definition) is 1. The Hall–Kier alpha value is -2.95. The van der Waals surface area contributed by atoms with Gasteiger partial charge in [0.1, 0.15) is 5.75 Å². The molecule has 5 heteroatoms. The van der Waals surface area contributed by atoms with Gasteiger partial charge in [-0.1, -0.05) is 18.2 Å². The van der Waals surface area contributed by atoms with E-state index in [0.29, 0.717) is 12.3 Å². The average molecular weight is 311 g/mol. The van der Waals surface area contributed by atoms with Crippen molar-refractivity contribution in [3.05, 3.63) is 59.7 Å². The highest BCUT2D eigenvalue weighted by Crippen LogP contribution is 2.32. The first-order chi connectivity index (χ1) is 11.2. The van der Waals surface area contributed by atoms with Crippen LogP contribution in [0.15, 0.2) is 48.5 Å². The lowest BCUT2D eigenvalue weighted by Gasteiger charge is -2.04. The minimum absolute atomic E-state index is 0.162. The number of nitrogens with one attached hydrogen (secondary N) is 1. The largest absolute Gasteiger partial charge is 0.497 e. The van der Waals surface area contributed by atoms with Crippen molar-refractivity contribution in [2.75, 3.05) is 13.9 Å². The predicted molar refractivity (Wildman–Crippen MR) is 86.4 cm³/mol. The van der Waals surface area contributed by atoms with Gasteiger partial charge in [-0.05, 0) is 41.5 Å². The van der Waals surface area contributed by atoms with E-state index in [1.165, 1.54) is 6.08 Å². The number of hydrogen-bond acceptors (Lipinski definition) is 4. The van der Waals surface area contributed by atoms with Crippen LogP contribution >= 0.6 is 0 Å². The van der Waals surface area contributed by atoms with Crippen LogP contribution < -0.4 is 19.5 Å². The van der Waals surface area contributed by atoms with Gasteiger partial charge in [0.25, 0.3) is 0 Å². The maximum absolute atomic E-state index is 11.9. The molecule has 0 atom stereocenters. The third-order valence-corrected chi connectivity index (χ3v) is 3.42. The molecule has 1 amide bonds. The van der Waals surface area contributed by atoms with E-state index in [-0.39, 0.29) is 12.7 Å². The molecular weight excluding hydrogens is 294 g/mol. The lowest BCUT2D eigenvalue weighted by Crippen LogP contribution is -2.20. The topological polar surface area (TPSA) is 56.8 Å². The third-order valence-electron chi connectivity index (χ3n) is 3.42. The van der Waals surface area contributed by atoms with Crippen LogP contribution in [0.3, 0.4) is 0 Å². The highest BCUT2D eigenvalue weighted by Gasteiger charge is 2.13. The smallest absolute Gasteiger partial charge is 0.244 e. The molecule has 118 valence electrons. The molecule has 1 N–H and O–H groups in total. The molecule has 0 aliphatic carbocycles. The summed E-state index contributed by atoms with van der Waals surface area (Å²) in [5.74, 6) is 2.04. The standard InChI is InChI=1S/C18H17NO4/c1-21-15-4-2-3-13(9-15)6-8-18(20)19-11-14-5-7-16-17(10-14)23-12-22-16/h2-10H,11-12H2,1H3,(H,19,20). The van der Waals surface area contributed by atoms with Crippen molar-refractivity contribution in [1.29, 1.82) is 0 Å². The Morgan fingerprint density at radius 2 is 2.09 bits per heavy atom. The molecule has 0 bridgehead atoms. The fourth-order valence-electron chi connectivity index (χ4n) is 2.22. The number of carbonyl (C=O) groups is 1. The first kappa shape index (κ1) is 15.0. The van der Waals surface area contributed by atoms with Gasteiger partial charge >= 0.3 is 0 Å². The van der Waals surface area contributed by atoms with E-state index >= 15 is 0 Å². The van der Waals surface area contributed by atoms with Crippen LogP contribution in [0.5, 0.6) is 17.2 Å². The number of carbonyl (C=O) groups excluding carboxylic acids is 1. The Bertz CT molecular complexity index is 740. The molecule has 0 fully saturated rings. The minimum atomic E-state index is -0.162. The molecule has 0 radical (unpaired) electrons. The SMILES string of the molecule is COc1cccc(C=CC(=O)NCc2ccc3c(c2)OCO3)c1. The highest BCUT2D eigenvalue weighted by atomic mass is 16.7. The molecule has 23 heavy (non-hydrogen) atoms. The average Bonchev–Trinajstić information content (AvgIpc) is 3.06. The second kappa shape index (κ2) is 6.87. The first-order valence-corrected chi connectivity index (χ1v) is 7.23. The molecule has 1 aliphatic heterocycles. The normalized spacial score (nSPS) is 12.4. The maximum Gasteiger partial charge on any atom is 0.244 e. The fourth-order valence-corrected chi connectivity index (χ4v) is 2.22. The van der Waals surface area contributed by atoms with Crippen LogP contribution in [0.4, 0.5) is 0 Å². The summed E-state index contributed by atoms with van der Waals surface area (Å²) in [6.45, 7) is 0.673. The van der Waals surface area contributed by atoms with Crippen molar-refractivity contribution < 1.29 is 19.0 Å². The first-order valence-electron chi connectivity index (χ1n) is 7.23. The predicted octanol–water partition coefficient (Wildman–Crippen LogP) is 2.75. The summed E-state index contributed by atoms with van der Waals surface area (Å²) in [6, 6.07) is 13.1. The van der Waals surface area contributed by atoms with Gasteiger partial charge in [-0.2, -0.15) is 0 Å². The van der Waals surface area contributed by atoms with Gasteiger partial charge in [-0.15, -0.1) is 0 Å². The summed E-state index contributed by atoms with van der Waals surface area (Å²) in [4.78, 5) is 11.9. The van der Waals surface area contributed by atoms with Gasteiger partial charge in [-0.25, -0.2) is 0 Å². The Balaban J connectivity index is 1.56. The van der Waals surface area contributed by atoms with Gasteiger partial charge in [0.2, 0.25) is 12.7 Å². The van der Waals surface area contributed by atoms with Crippen LogP contribution in [0.2, 0.25) is 0 Å². The van der Waals surface area contributed by atoms with Crippen molar-refractivity contribution >= 4 is 12.0 Å². The van der Waals surface area contributed by atoms with Crippen LogP contribution in [0, 0.1) is 0 Å². The van der Waals surface area contributed by atoms with Crippen LogP contribution in [-0.4, -0.2) is 19.8 Å². The molecule has 0 unspecified atom stereocenters. The van der Waals surface area contributed by atoms with Crippen molar-refractivity contribution in [1.82, 2.24) is 5.32 Å². The second-order valence-corrected chi connectivity index (χ2v) is 5.02. The second-order valence-electron chi connectivity index (χ2n) is 5.02. The fraction of sp³-hybridized carbons (Fsp3) is 0.167. The zero-order chi connectivity index (χ0) is 16.1. The van der Waals surface area contributed by atoms with Crippen molar-refractivity contribution in [2.24, 2.45) is 0 Å². The summed E-state index contributed by atoms with van der Waals surface area (Å²) >= 11 is 0. The summed E-state index contributed by atoms with van der Waals surface area (Å²) in [7, 11) is 1.61. The third kappa shape index (κ3) is 3.83. The van der Waals surface area contributed by atoms with E-state index in [2.05, 4.69) is 5.32 Å². The van der Waals surface area contributed by atoms with E-state index in [0.717, 1.165) is 22.6 Å². The minimum Gasteiger partial charge on any atom is -0.497 e. The van der Waals surface area contributed by atoms with E-state index in [1.54, 1.807) is 13.2 Å². The lowest BCUT2D eigenvalue weighted by atomic mass is 10.2. The number of methoxy groups -OCH3 is 1. The molecule has 0 spiro atoms. The summed E-state index contributed by atoms with van der Waals surface area (Å²) < 4.78 is 15.7. The highest BCUT2D eigenvalue weighted by molar-refractivity contribution is 5.91. The summed E-state index contributed by atoms with van der Waals surface area (Å²) in [6.07, 6.45) is 3.25. The molecular formula is C18H17NO4. The molecule has 1 aliphatic rings. The van der Waals surface area contributed by atoms with Gasteiger partial charge in [-0.3, -0.25) is 4.79 Å². The van der Waals surface area contributed by atoms with Gasteiger partial charge in [0.15, 0.2) is 11.5 Å². The number of fused-ring (bicyclic) bond motifs is 1. The van der Waals surface area contributed by atoms with Crippen LogP contribution in [0.1, 0.15) is 11.1 Å². The summed E-state index contributed by atoms with van der Waals surface area (Å²) in [5, 5.41) is 2.84. The van der Waals surface area contributed by atoms with Crippen molar-refractivity contribution in [3.63, 3.8) is 0 Å². The molecule has 0 saturated heterocycles. The molecule has 2 aromatic carbocycles. The van der Waals surface area contributed by atoms with E-state index in [9.17, 15) is 4.79 Å². The van der Waals surface area contributed by atoms with Crippen LogP contribution in [-0.2, 0) is 11.3 Å². The molecule has 2 aromatic rings. The molecule has 1 heterocycles. The molecule has 5 nitrogen and oxygen atoms in total. The Labute approximate surface area is 134 Å². The monoisotopic (exact) mass is 311 g/mol. The van der Waals surface area contributed by atoms with Gasteiger partial charge in [0.05, 0.1) is 7.11 Å². The molecule has 0 aromatic heterocycles. The Morgan fingerprint density at radius 3 is 2.96 bits per heavy atom. The quantitative estimate of drug-likeness (QED) is 0.863. The van der Waals surface area contributed by atoms with E-state index in [1.807, 2.05) is 42.5 Å². The zero-order valence-electron chi connectivity index (χ0n) is 12.7. The number of amides is 1. The van der Waals surface area contributed by atoms with E-state index < -0.39 is 0 Å². The molecule has 3 rings (SSSR count). The lowest BCUT2D eigenvalue weighted by molar-refractivity contribution is -0.116. The zero-order valence-corrected chi connectivity index (χ0v) is 12.7. The van der Waals surface area contributed by atoms with Crippen molar-refractivity contribution in [3.8, 4) is 17.2 Å². The number of rotatable bonds is 5.